The van der Waals surface area contributed by atoms with Crippen molar-refractivity contribution in [3.8, 4) is 11.4 Å². The van der Waals surface area contributed by atoms with Crippen molar-refractivity contribution in [2.75, 3.05) is 64.4 Å². The highest BCUT2D eigenvalue weighted by Crippen LogP contribution is 2.35. The summed E-state index contributed by atoms with van der Waals surface area (Å²) in [5, 5.41) is 16.6. The Bertz CT molecular complexity index is 1270. The van der Waals surface area contributed by atoms with Crippen molar-refractivity contribution >= 4 is 44.6 Å². The minimum Gasteiger partial charge on any atom is -0.378 e. The summed E-state index contributed by atoms with van der Waals surface area (Å²) < 4.78 is 6.41. The van der Waals surface area contributed by atoms with Gasteiger partial charge in [0.05, 0.1) is 46.6 Å². The van der Waals surface area contributed by atoms with Crippen LogP contribution in [0.1, 0.15) is 37.4 Å². The van der Waals surface area contributed by atoms with Gasteiger partial charge in [0, 0.05) is 24.0 Å². The average Bonchev–Trinajstić information content (AvgIpc) is 3.65. The zero-order valence-corrected chi connectivity index (χ0v) is 24.3. The number of hydrogen-bond acceptors (Lipinski definition) is 11. The molecule has 4 aromatic rings. The van der Waals surface area contributed by atoms with Crippen molar-refractivity contribution in [1.82, 2.24) is 30.8 Å². The summed E-state index contributed by atoms with van der Waals surface area (Å²) in [6.07, 6.45) is 2.66. The molecule has 11 nitrogen and oxygen atoms in total. The van der Waals surface area contributed by atoms with Gasteiger partial charge in [-0.1, -0.05) is 38.1 Å². The number of H-pyrrole nitrogens is 1. The SMILES string of the molecule is CCN=O.CCNC.CCNCC.O=Cc1cc2nc(-c3cccc4[nH]ncc34)nc(N3CCOCC3)c2s1. The number of aromatic amines is 1. The third-order valence-electron chi connectivity index (χ3n) is 5.51. The van der Waals surface area contributed by atoms with Gasteiger partial charge in [0.2, 0.25) is 0 Å². The van der Waals surface area contributed by atoms with Gasteiger partial charge in [-0.25, -0.2) is 9.97 Å². The summed E-state index contributed by atoms with van der Waals surface area (Å²) in [6, 6.07) is 7.76. The third kappa shape index (κ3) is 9.43. The number of nitrogens with zero attached hydrogens (tertiary/aromatic N) is 5. The van der Waals surface area contributed by atoms with E-state index in [4.69, 9.17) is 19.6 Å². The monoisotopic (exact) mass is 556 g/mol. The van der Waals surface area contributed by atoms with Crippen LogP contribution in [0.5, 0.6) is 0 Å². The summed E-state index contributed by atoms with van der Waals surface area (Å²) in [5.74, 6) is 1.51. The van der Waals surface area contributed by atoms with Crippen LogP contribution in [0.2, 0.25) is 0 Å². The quantitative estimate of drug-likeness (QED) is 0.222. The topological polar surface area (TPSA) is 137 Å². The highest BCUT2D eigenvalue weighted by atomic mass is 32.1. The van der Waals surface area contributed by atoms with Crippen molar-refractivity contribution in [2.45, 2.75) is 27.7 Å². The zero-order chi connectivity index (χ0) is 28.5. The first-order chi connectivity index (χ1) is 19.1. The summed E-state index contributed by atoms with van der Waals surface area (Å²) in [4.78, 5) is 32.7. The standard InChI is InChI=1S/C18H15N5O2S.C4H11N.C3H9N.C2H5NO/c24-10-11-8-15-16(26-11)18(23-4-6-25-7-5-23)21-17(20-15)12-2-1-3-14-13(12)9-19-22-14;1-3-5-4-2;1-3-4-2;1-2-3-4/h1-3,8-10H,4-7H2,(H,19,22);5H,3-4H2,1-2H3;4H,3H2,1-2H3;2H2,1H3. The largest absolute Gasteiger partial charge is 0.378 e. The summed E-state index contributed by atoms with van der Waals surface area (Å²) >= 11 is 1.43. The van der Waals surface area contributed by atoms with E-state index in [0.29, 0.717) is 30.5 Å². The normalized spacial score (nSPS) is 12.5. The molecule has 212 valence electrons. The van der Waals surface area contributed by atoms with Crippen LogP contribution in [0, 0.1) is 4.91 Å². The number of aromatic nitrogens is 4. The van der Waals surface area contributed by atoms with Gasteiger partial charge in [0.15, 0.2) is 17.9 Å². The van der Waals surface area contributed by atoms with Crippen LogP contribution in [-0.4, -0.2) is 86.0 Å². The number of anilines is 1. The second kappa shape index (κ2) is 18.1. The summed E-state index contributed by atoms with van der Waals surface area (Å²) in [7, 11) is 1.93. The number of thiophene rings is 1. The number of ether oxygens (including phenoxy) is 1. The van der Waals surface area contributed by atoms with Gasteiger partial charge >= 0.3 is 0 Å². The molecular formula is C27H40N8O3S. The average molecular weight is 557 g/mol. The molecule has 39 heavy (non-hydrogen) atoms. The van der Waals surface area contributed by atoms with Gasteiger partial charge < -0.3 is 20.3 Å². The third-order valence-corrected chi connectivity index (χ3v) is 6.55. The molecule has 1 aromatic carbocycles. The number of rotatable bonds is 7. The minimum absolute atomic E-state index is 0.389. The number of aldehydes is 1. The Labute approximate surface area is 233 Å². The van der Waals surface area contributed by atoms with E-state index in [2.05, 4.69) is 51.7 Å². The second-order valence-corrected chi connectivity index (χ2v) is 9.28. The number of nitrogens with one attached hydrogen (secondary N) is 3. The molecule has 1 aliphatic heterocycles. The number of fused-ring (bicyclic) bond motifs is 2. The van der Waals surface area contributed by atoms with Gasteiger partial charge in [-0.2, -0.15) is 10.0 Å². The lowest BCUT2D eigenvalue weighted by Gasteiger charge is -2.28. The Morgan fingerprint density at radius 2 is 1.82 bits per heavy atom. The number of benzene rings is 1. The van der Waals surface area contributed by atoms with E-state index in [-0.39, 0.29) is 0 Å². The molecule has 0 saturated carbocycles. The van der Waals surface area contributed by atoms with Crippen LogP contribution in [0.15, 0.2) is 35.6 Å². The number of carbonyl (C=O) groups excluding carboxylic acids is 1. The van der Waals surface area contributed by atoms with Crippen molar-refractivity contribution in [1.29, 1.82) is 0 Å². The van der Waals surface area contributed by atoms with Crippen molar-refractivity contribution in [2.24, 2.45) is 5.18 Å². The van der Waals surface area contributed by atoms with E-state index < -0.39 is 0 Å². The molecule has 1 fully saturated rings. The van der Waals surface area contributed by atoms with Crippen LogP contribution >= 0.6 is 11.3 Å². The smallest absolute Gasteiger partial charge is 0.162 e. The van der Waals surface area contributed by atoms with E-state index >= 15 is 0 Å². The molecule has 1 aliphatic rings. The first kappa shape index (κ1) is 31.9. The molecule has 5 rings (SSSR count). The molecule has 3 aromatic heterocycles. The van der Waals surface area contributed by atoms with Crippen LogP contribution in [0.3, 0.4) is 0 Å². The lowest BCUT2D eigenvalue weighted by atomic mass is 10.1. The van der Waals surface area contributed by atoms with E-state index in [1.54, 1.807) is 13.1 Å². The molecule has 3 N–H and O–H groups in total. The van der Waals surface area contributed by atoms with Gasteiger partial charge in [0.25, 0.3) is 0 Å². The van der Waals surface area contributed by atoms with E-state index in [9.17, 15) is 4.79 Å². The molecule has 0 aliphatic carbocycles. The minimum atomic E-state index is 0.389. The molecule has 0 radical (unpaired) electrons. The molecule has 4 heterocycles. The molecule has 1 saturated heterocycles. The van der Waals surface area contributed by atoms with Crippen LogP contribution < -0.4 is 15.5 Å². The Kier molecular flexibility index (Phi) is 14.8. The highest BCUT2D eigenvalue weighted by molar-refractivity contribution is 7.21. The molecular weight excluding hydrogens is 516 g/mol. The van der Waals surface area contributed by atoms with Gasteiger partial charge in [-0.05, 0) is 45.7 Å². The fourth-order valence-corrected chi connectivity index (χ4v) is 4.44. The fraction of sp³-hybridized carbons (Fsp3) is 0.481. The number of nitroso groups, excluding NO2 is 1. The Morgan fingerprint density at radius 3 is 2.38 bits per heavy atom. The first-order valence-corrected chi connectivity index (χ1v) is 14.1. The summed E-state index contributed by atoms with van der Waals surface area (Å²) in [6.45, 7) is 14.5. The highest BCUT2D eigenvalue weighted by Gasteiger charge is 2.20. The molecule has 12 heteroatoms. The van der Waals surface area contributed by atoms with Crippen molar-refractivity contribution < 1.29 is 9.53 Å². The Balaban J connectivity index is 0.000000346. The van der Waals surface area contributed by atoms with Gasteiger partial charge in [0.1, 0.15) is 0 Å². The van der Waals surface area contributed by atoms with Crippen LogP contribution in [-0.2, 0) is 4.74 Å². The molecule has 0 bridgehead atoms. The fourth-order valence-electron chi connectivity index (χ4n) is 3.51. The molecule has 0 amide bonds. The maximum absolute atomic E-state index is 11.3. The van der Waals surface area contributed by atoms with Gasteiger partial charge in [-0.15, -0.1) is 11.3 Å². The Hall–Kier alpha value is -3.32. The lowest BCUT2D eigenvalue weighted by Crippen LogP contribution is -2.36. The molecule has 0 unspecified atom stereocenters. The van der Waals surface area contributed by atoms with Crippen LogP contribution in [0.4, 0.5) is 5.82 Å². The molecule has 0 atom stereocenters. The maximum atomic E-state index is 11.3. The van der Waals surface area contributed by atoms with E-state index in [1.807, 2.05) is 31.3 Å². The number of morpholine rings is 1. The lowest BCUT2D eigenvalue weighted by molar-refractivity contribution is 0.112. The van der Waals surface area contributed by atoms with Crippen molar-refractivity contribution in [3.63, 3.8) is 0 Å². The predicted molar refractivity (Wildman–Crippen MR) is 161 cm³/mol. The van der Waals surface area contributed by atoms with E-state index in [0.717, 1.165) is 71.5 Å². The van der Waals surface area contributed by atoms with Crippen LogP contribution in [0.25, 0.3) is 32.5 Å². The zero-order valence-electron chi connectivity index (χ0n) is 23.5. The predicted octanol–water partition coefficient (Wildman–Crippen LogP) is 4.50. The number of carbonyl (C=O) groups is 1. The molecule has 0 spiro atoms. The van der Waals surface area contributed by atoms with Crippen molar-refractivity contribution in [3.05, 3.63) is 40.2 Å². The Morgan fingerprint density at radius 1 is 1.13 bits per heavy atom. The first-order valence-electron chi connectivity index (χ1n) is 13.2. The van der Waals surface area contributed by atoms with Gasteiger partial charge in [-0.3, -0.25) is 9.89 Å². The maximum Gasteiger partial charge on any atom is 0.162 e. The number of hydrogen-bond donors (Lipinski definition) is 3. The second-order valence-electron chi connectivity index (χ2n) is 8.20. The summed E-state index contributed by atoms with van der Waals surface area (Å²) in [5.41, 5.74) is 2.66. The van der Waals surface area contributed by atoms with E-state index in [1.165, 1.54) is 11.3 Å².